The molecule has 2 amide bonds. The number of carboxylic acids is 1. The molecule has 1 fully saturated rings. The highest BCUT2D eigenvalue weighted by Crippen LogP contribution is 2.56. The molecule has 1 saturated heterocycles. The molecule has 0 spiro atoms. The summed E-state index contributed by atoms with van der Waals surface area (Å²) in [6.45, 7) is 5.22. The van der Waals surface area contributed by atoms with Gasteiger partial charge in [-0.15, -0.1) is 11.8 Å². The van der Waals surface area contributed by atoms with Gasteiger partial charge in [0.05, 0.1) is 0 Å². The molecule has 23 heavy (non-hydrogen) atoms. The van der Waals surface area contributed by atoms with Crippen LogP contribution in [-0.4, -0.2) is 44.6 Å². The van der Waals surface area contributed by atoms with Crippen LogP contribution >= 0.6 is 11.8 Å². The predicted octanol–water partition coefficient (Wildman–Crippen LogP) is 1.62. The number of nitrogens with zero attached hydrogens (tertiary/aromatic N) is 1. The minimum absolute atomic E-state index is 0.174. The maximum atomic E-state index is 12.7. The van der Waals surface area contributed by atoms with Crippen LogP contribution < -0.4 is 5.32 Å². The summed E-state index contributed by atoms with van der Waals surface area (Å²) in [5.41, 5.74) is 1.53. The van der Waals surface area contributed by atoms with Crippen molar-refractivity contribution in [3.63, 3.8) is 0 Å². The van der Waals surface area contributed by atoms with E-state index in [4.69, 9.17) is 5.11 Å². The third-order valence-corrected chi connectivity index (χ3v) is 5.81. The minimum Gasteiger partial charge on any atom is -0.480 e. The number of nitrogens with one attached hydrogen (secondary N) is 1. The summed E-state index contributed by atoms with van der Waals surface area (Å²) in [6.07, 6.45) is 0. The first-order valence-corrected chi connectivity index (χ1v) is 8.24. The zero-order valence-corrected chi connectivity index (χ0v) is 13.9. The van der Waals surface area contributed by atoms with Crippen LogP contribution in [0.25, 0.3) is 0 Å². The second-order valence-corrected chi connectivity index (χ2v) is 8.08. The molecule has 2 aliphatic rings. The van der Waals surface area contributed by atoms with E-state index in [0.717, 1.165) is 5.56 Å². The van der Waals surface area contributed by atoms with E-state index in [1.165, 1.54) is 6.92 Å². The quantitative estimate of drug-likeness (QED) is 0.877. The van der Waals surface area contributed by atoms with Gasteiger partial charge in [-0.25, -0.2) is 0 Å². The van der Waals surface area contributed by atoms with E-state index in [-0.39, 0.29) is 11.3 Å². The molecule has 7 heteroatoms. The normalized spacial score (nSPS) is 25.7. The minimum atomic E-state index is -1.10. The molecule has 0 saturated carbocycles. The van der Waals surface area contributed by atoms with Crippen molar-refractivity contribution in [3.8, 4) is 0 Å². The Hall–Kier alpha value is -2.02. The first kappa shape index (κ1) is 15.9. The van der Waals surface area contributed by atoms with Gasteiger partial charge >= 0.3 is 5.97 Å². The Balaban J connectivity index is 1.94. The van der Waals surface area contributed by atoms with Gasteiger partial charge in [0.2, 0.25) is 5.91 Å². The zero-order valence-electron chi connectivity index (χ0n) is 13.1. The smallest absolute Gasteiger partial charge is 0.325 e. The molecule has 3 atom stereocenters. The van der Waals surface area contributed by atoms with Crippen molar-refractivity contribution < 1.29 is 19.5 Å². The Bertz CT molecular complexity index is 703. The van der Waals surface area contributed by atoms with Gasteiger partial charge in [-0.3, -0.25) is 14.4 Å². The van der Waals surface area contributed by atoms with Crippen molar-refractivity contribution in [2.45, 2.75) is 43.0 Å². The summed E-state index contributed by atoms with van der Waals surface area (Å²) in [5.74, 6) is -1.71. The summed E-state index contributed by atoms with van der Waals surface area (Å²) in [4.78, 5) is 37.9. The summed E-state index contributed by atoms with van der Waals surface area (Å²) >= 11 is 1.55. The second-order valence-electron chi connectivity index (χ2n) is 6.34. The van der Waals surface area contributed by atoms with Crippen LogP contribution in [0.5, 0.6) is 0 Å². The van der Waals surface area contributed by atoms with Crippen molar-refractivity contribution in [2.24, 2.45) is 0 Å². The average Bonchev–Trinajstić information content (AvgIpc) is 2.90. The summed E-state index contributed by atoms with van der Waals surface area (Å²) in [7, 11) is 0. The average molecular weight is 334 g/mol. The van der Waals surface area contributed by atoms with Crippen LogP contribution in [0, 0.1) is 0 Å². The lowest BCUT2D eigenvalue weighted by Crippen LogP contribution is -2.55. The number of hydrogen-bond acceptors (Lipinski definition) is 4. The van der Waals surface area contributed by atoms with Crippen molar-refractivity contribution >= 4 is 29.5 Å². The Labute approximate surface area is 138 Å². The van der Waals surface area contributed by atoms with E-state index in [1.54, 1.807) is 28.8 Å². The zero-order chi connectivity index (χ0) is 16.9. The largest absolute Gasteiger partial charge is 0.480 e. The number of benzene rings is 1. The SMILES string of the molecule is C[C@H](NC(=O)[C@H]1N2C(=O)c3ccccc3[C@@H]2SC1(C)C)C(=O)O. The molecule has 0 aliphatic carbocycles. The van der Waals surface area contributed by atoms with Crippen LogP contribution in [0.2, 0.25) is 0 Å². The number of carbonyl (C=O) groups is 3. The maximum absolute atomic E-state index is 12.7. The molecule has 0 bridgehead atoms. The van der Waals surface area contributed by atoms with Crippen LogP contribution in [-0.2, 0) is 9.59 Å². The van der Waals surface area contributed by atoms with Crippen molar-refractivity contribution in [1.29, 1.82) is 0 Å². The van der Waals surface area contributed by atoms with Gasteiger partial charge in [-0.1, -0.05) is 18.2 Å². The number of fused-ring (bicyclic) bond motifs is 3. The van der Waals surface area contributed by atoms with Crippen molar-refractivity contribution in [3.05, 3.63) is 35.4 Å². The lowest BCUT2D eigenvalue weighted by Gasteiger charge is -2.30. The number of rotatable bonds is 3. The fourth-order valence-electron chi connectivity index (χ4n) is 3.16. The Morgan fingerprint density at radius 1 is 1.35 bits per heavy atom. The lowest BCUT2D eigenvalue weighted by atomic mass is 10.0. The summed E-state index contributed by atoms with van der Waals surface area (Å²) < 4.78 is -0.504. The van der Waals surface area contributed by atoms with Gasteiger partial charge in [0, 0.05) is 10.3 Å². The molecule has 1 aromatic rings. The van der Waals surface area contributed by atoms with Crippen LogP contribution in [0.4, 0.5) is 0 Å². The number of carbonyl (C=O) groups excluding carboxylic acids is 2. The highest BCUT2D eigenvalue weighted by atomic mass is 32.2. The molecule has 122 valence electrons. The molecule has 2 N–H and O–H groups in total. The van der Waals surface area contributed by atoms with E-state index < -0.39 is 28.7 Å². The van der Waals surface area contributed by atoms with Crippen LogP contribution in [0.3, 0.4) is 0 Å². The van der Waals surface area contributed by atoms with E-state index in [0.29, 0.717) is 5.56 Å². The first-order chi connectivity index (χ1) is 10.7. The summed E-state index contributed by atoms with van der Waals surface area (Å²) in [6, 6.07) is 5.64. The number of amides is 2. The highest BCUT2D eigenvalue weighted by molar-refractivity contribution is 8.01. The standard InChI is InChI=1S/C16H18N2O4S/c1-8(15(21)22)17-12(19)11-16(2,3)23-14-10-7-5-4-6-9(10)13(20)18(11)14/h4-8,11,14H,1-3H3,(H,17,19)(H,21,22)/t8-,11+,14-/m0/s1. The topological polar surface area (TPSA) is 86.7 Å². The second kappa shape index (κ2) is 5.26. The molecule has 0 aromatic heterocycles. The van der Waals surface area contributed by atoms with Crippen molar-refractivity contribution in [1.82, 2.24) is 10.2 Å². The first-order valence-electron chi connectivity index (χ1n) is 7.36. The number of aliphatic carboxylic acids is 1. The van der Waals surface area contributed by atoms with Gasteiger partial charge in [-0.2, -0.15) is 0 Å². The Morgan fingerprint density at radius 2 is 2.00 bits per heavy atom. The van der Waals surface area contributed by atoms with Gasteiger partial charge in [-0.05, 0) is 32.4 Å². The molecule has 6 nitrogen and oxygen atoms in total. The van der Waals surface area contributed by atoms with Gasteiger partial charge < -0.3 is 15.3 Å². The third kappa shape index (κ3) is 2.39. The van der Waals surface area contributed by atoms with Crippen molar-refractivity contribution in [2.75, 3.05) is 0 Å². The molecule has 3 rings (SSSR count). The third-order valence-electron chi connectivity index (χ3n) is 4.27. The van der Waals surface area contributed by atoms with E-state index >= 15 is 0 Å². The van der Waals surface area contributed by atoms with Gasteiger partial charge in [0.1, 0.15) is 17.5 Å². The number of thioether (sulfide) groups is 1. The molecular formula is C16H18N2O4S. The fourth-order valence-corrected chi connectivity index (χ4v) is 4.75. The van der Waals surface area contributed by atoms with E-state index in [2.05, 4.69) is 5.32 Å². The van der Waals surface area contributed by atoms with Crippen LogP contribution in [0.15, 0.2) is 24.3 Å². The number of hydrogen-bond donors (Lipinski definition) is 2. The summed E-state index contributed by atoms with van der Waals surface area (Å²) in [5, 5.41) is 11.3. The molecule has 2 aliphatic heterocycles. The van der Waals surface area contributed by atoms with Gasteiger partial charge in [0.15, 0.2) is 0 Å². The van der Waals surface area contributed by atoms with E-state index in [9.17, 15) is 14.4 Å². The highest BCUT2D eigenvalue weighted by Gasteiger charge is 2.57. The fraction of sp³-hybridized carbons (Fsp3) is 0.438. The Kier molecular flexibility index (Phi) is 3.63. The van der Waals surface area contributed by atoms with Crippen LogP contribution in [0.1, 0.15) is 42.1 Å². The number of carboxylic acid groups (broad SMARTS) is 1. The monoisotopic (exact) mass is 334 g/mol. The molecule has 0 radical (unpaired) electrons. The van der Waals surface area contributed by atoms with Gasteiger partial charge in [0.25, 0.3) is 5.91 Å². The molecule has 1 aromatic carbocycles. The molecule has 2 heterocycles. The Morgan fingerprint density at radius 3 is 2.65 bits per heavy atom. The van der Waals surface area contributed by atoms with E-state index in [1.807, 2.05) is 26.0 Å². The molecular weight excluding hydrogens is 316 g/mol. The predicted molar refractivity (Wildman–Crippen MR) is 86.1 cm³/mol. The molecule has 0 unspecified atom stereocenters. The maximum Gasteiger partial charge on any atom is 0.325 e. The lowest BCUT2D eigenvalue weighted by molar-refractivity contribution is -0.142.